The first kappa shape index (κ1) is 13.1. The van der Waals surface area contributed by atoms with Gasteiger partial charge < -0.3 is 4.74 Å². The number of nitrogens with zero attached hydrogens (tertiary/aromatic N) is 2. The third-order valence-corrected chi connectivity index (χ3v) is 2.65. The van der Waals surface area contributed by atoms with Crippen molar-refractivity contribution in [2.24, 2.45) is 7.05 Å². The van der Waals surface area contributed by atoms with E-state index in [2.05, 4.69) is 5.10 Å². The summed E-state index contributed by atoms with van der Waals surface area (Å²) in [5, 5.41) is 4.13. The van der Waals surface area contributed by atoms with E-state index < -0.39 is 5.97 Å². The number of esters is 1. The average molecular weight is 256 g/mol. The van der Waals surface area contributed by atoms with Gasteiger partial charge in [0.25, 0.3) is 0 Å². The molecule has 1 aromatic carbocycles. The lowest BCUT2D eigenvalue weighted by Crippen LogP contribution is -2.05. The minimum Gasteiger partial charge on any atom is -0.461 e. The molecule has 19 heavy (non-hydrogen) atoms. The van der Waals surface area contributed by atoms with Crippen LogP contribution in [0.2, 0.25) is 0 Å². The van der Waals surface area contributed by atoms with Gasteiger partial charge in [-0.15, -0.1) is 0 Å². The number of aromatic nitrogens is 2. The van der Waals surface area contributed by atoms with Crippen LogP contribution in [0.5, 0.6) is 0 Å². The maximum absolute atomic E-state index is 11.6. The molecule has 1 heterocycles. The van der Waals surface area contributed by atoms with Crippen LogP contribution in [0.25, 0.3) is 12.2 Å². The van der Waals surface area contributed by atoms with Crippen molar-refractivity contribution in [2.45, 2.75) is 6.92 Å². The number of aryl methyl sites for hydroxylation is 1. The SMILES string of the molecule is CCOC(=O)c1cc(/C=C/c2ccccc2)n(C)n1. The van der Waals surface area contributed by atoms with Crippen molar-refractivity contribution in [2.75, 3.05) is 6.61 Å². The average Bonchev–Trinajstić information content (AvgIpc) is 2.79. The molecular weight excluding hydrogens is 240 g/mol. The summed E-state index contributed by atoms with van der Waals surface area (Å²) in [6.45, 7) is 2.13. The Bertz CT molecular complexity index is 585. The first-order chi connectivity index (χ1) is 9.20. The molecule has 4 nitrogen and oxygen atoms in total. The van der Waals surface area contributed by atoms with Crippen molar-refractivity contribution in [3.63, 3.8) is 0 Å². The Balaban J connectivity index is 2.17. The first-order valence-electron chi connectivity index (χ1n) is 6.15. The summed E-state index contributed by atoms with van der Waals surface area (Å²) in [7, 11) is 1.80. The Labute approximate surface area is 112 Å². The van der Waals surface area contributed by atoms with Crippen molar-refractivity contribution in [1.29, 1.82) is 0 Å². The molecule has 1 aromatic heterocycles. The van der Waals surface area contributed by atoms with E-state index in [1.54, 1.807) is 24.7 Å². The van der Waals surface area contributed by atoms with Crippen molar-refractivity contribution < 1.29 is 9.53 Å². The lowest BCUT2D eigenvalue weighted by molar-refractivity contribution is 0.0518. The molecule has 0 aliphatic carbocycles. The largest absolute Gasteiger partial charge is 0.461 e. The molecule has 0 fully saturated rings. The summed E-state index contributed by atoms with van der Waals surface area (Å²) in [5.74, 6) is -0.391. The summed E-state index contributed by atoms with van der Waals surface area (Å²) >= 11 is 0. The zero-order valence-electron chi connectivity index (χ0n) is 11.0. The Morgan fingerprint density at radius 3 is 2.74 bits per heavy atom. The highest BCUT2D eigenvalue weighted by atomic mass is 16.5. The summed E-state index contributed by atoms with van der Waals surface area (Å²) in [4.78, 5) is 11.6. The standard InChI is InChI=1S/C15H16N2O2/c1-3-19-15(18)14-11-13(17(2)16-14)10-9-12-7-5-4-6-8-12/h4-11H,3H2,1-2H3/b10-9+. The minimum absolute atomic E-state index is 0.331. The van der Waals surface area contributed by atoms with Gasteiger partial charge in [0.15, 0.2) is 5.69 Å². The predicted octanol–water partition coefficient (Wildman–Crippen LogP) is 2.77. The van der Waals surface area contributed by atoms with Gasteiger partial charge in [-0.25, -0.2) is 4.79 Å². The van der Waals surface area contributed by atoms with Gasteiger partial charge in [0.05, 0.1) is 12.3 Å². The molecule has 2 aromatic rings. The Morgan fingerprint density at radius 2 is 2.05 bits per heavy atom. The smallest absolute Gasteiger partial charge is 0.358 e. The number of carbonyl (C=O) groups is 1. The summed E-state index contributed by atoms with van der Waals surface area (Å²) in [5.41, 5.74) is 2.28. The van der Waals surface area contributed by atoms with E-state index >= 15 is 0 Å². The molecule has 0 radical (unpaired) electrons. The van der Waals surface area contributed by atoms with Crippen molar-refractivity contribution in [3.8, 4) is 0 Å². The van der Waals surface area contributed by atoms with Crippen LogP contribution in [-0.2, 0) is 11.8 Å². The second-order valence-electron chi connectivity index (χ2n) is 4.04. The van der Waals surface area contributed by atoms with Crippen molar-refractivity contribution in [1.82, 2.24) is 9.78 Å². The van der Waals surface area contributed by atoms with Gasteiger partial charge in [-0.1, -0.05) is 36.4 Å². The summed E-state index contributed by atoms with van der Waals surface area (Å²) in [6.07, 6.45) is 3.90. The fourth-order valence-corrected chi connectivity index (χ4v) is 1.69. The van der Waals surface area contributed by atoms with Crippen LogP contribution in [0.1, 0.15) is 28.7 Å². The molecule has 0 saturated heterocycles. The molecule has 2 rings (SSSR count). The molecule has 0 amide bonds. The van der Waals surface area contributed by atoms with Gasteiger partial charge in [0.1, 0.15) is 0 Å². The van der Waals surface area contributed by atoms with E-state index in [1.165, 1.54) is 0 Å². The van der Waals surface area contributed by atoms with E-state index in [-0.39, 0.29) is 0 Å². The molecule has 0 bridgehead atoms. The molecule has 0 atom stereocenters. The summed E-state index contributed by atoms with van der Waals surface area (Å²) < 4.78 is 6.58. The maximum atomic E-state index is 11.6. The number of hydrogen-bond donors (Lipinski definition) is 0. The van der Waals surface area contributed by atoms with E-state index in [4.69, 9.17) is 4.74 Å². The molecule has 0 saturated carbocycles. The van der Waals surface area contributed by atoms with Gasteiger partial charge in [-0.2, -0.15) is 5.10 Å². The van der Waals surface area contributed by atoms with Crippen LogP contribution in [0, 0.1) is 0 Å². The van der Waals surface area contributed by atoms with Gasteiger partial charge in [0, 0.05) is 7.05 Å². The fraction of sp³-hybridized carbons (Fsp3) is 0.200. The fourth-order valence-electron chi connectivity index (χ4n) is 1.69. The van der Waals surface area contributed by atoms with Gasteiger partial charge in [-0.05, 0) is 24.6 Å². The highest BCUT2D eigenvalue weighted by Crippen LogP contribution is 2.10. The first-order valence-corrected chi connectivity index (χ1v) is 6.15. The number of benzene rings is 1. The molecule has 0 N–H and O–H groups in total. The Kier molecular flexibility index (Phi) is 4.13. The van der Waals surface area contributed by atoms with Crippen LogP contribution < -0.4 is 0 Å². The topological polar surface area (TPSA) is 44.1 Å². The molecule has 0 aliphatic rings. The molecule has 98 valence electrons. The predicted molar refractivity (Wildman–Crippen MR) is 74.5 cm³/mol. The quantitative estimate of drug-likeness (QED) is 0.790. The van der Waals surface area contributed by atoms with E-state index in [0.29, 0.717) is 12.3 Å². The van der Waals surface area contributed by atoms with Crippen LogP contribution >= 0.6 is 0 Å². The molecule has 0 unspecified atom stereocenters. The second kappa shape index (κ2) is 6.00. The van der Waals surface area contributed by atoms with E-state index in [0.717, 1.165) is 11.3 Å². The van der Waals surface area contributed by atoms with E-state index in [9.17, 15) is 4.79 Å². The van der Waals surface area contributed by atoms with Crippen LogP contribution in [0.4, 0.5) is 0 Å². The lowest BCUT2D eigenvalue weighted by atomic mass is 10.2. The van der Waals surface area contributed by atoms with Gasteiger partial charge in [0.2, 0.25) is 0 Å². The molecule has 0 spiro atoms. The highest BCUT2D eigenvalue weighted by Gasteiger charge is 2.11. The number of rotatable bonds is 4. The second-order valence-corrected chi connectivity index (χ2v) is 4.04. The Morgan fingerprint density at radius 1 is 1.32 bits per heavy atom. The number of ether oxygens (including phenoxy) is 1. The Hall–Kier alpha value is -2.36. The van der Waals surface area contributed by atoms with Gasteiger partial charge >= 0.3 is 5.97 Å². The lowest BCUT2D eigenvalue weighted by Gasteiger charge is -1.95. The van der Waals surface area contributed by atoms with Crippen molar-refractivity contribution in [3.05, 3.63) is 53.3 Å². The monoisotopic (exact) mass is 256 g/mol. The normalized spacial score (nSPS) is 10.8. The molecule has 4 heteroatoms. The van der Waals surface area contributed by atoms with Crippen molar-refractivity contribution >= 4 is 18.1 Å². The maximum Gasteiger partial charge on any atom is 0.358 e. The number of hydrogen-bond acceptors (Lipinski definition) is 3. The van der Waals surface area contributed by atoms with Crippen LogP contribution in [0.3, 0.4) is 0 Å². The minimum atomic E-state index is -0.391. The zero-order valence-corrected chi connectivity index (χ0v) is 11.0. The van der Waals surface area contributed by atoms with Crippen LogP contribution in [0.15, 0.2) is 36.4 Å². The highest BCUT2D eigenvalue weighted by molar-refractivity contribution is 5.88. The van der Waals surface area contributed by atoms with E-state index in [1.807, 2.05) is 42.5 Å². The van der Waals surface area contributed by atoms with Gasteiger partial charge in [-0.3, -0.25) is 4.68 Å². The third-order valence-electron chi connectivity index (χ3n) is 2.65. The third kappa shape index (κ3) is 3.31. The summed E-state index contributed by atoms with van der Waals surface area (Å²) in [6, 6.07) is 11.7. The molecular formula is C15H16N2O2. The number of carbonyl (C=O) groups excluding carboxylic acids is 1. The van der Waals surface area contributed by atoms with Crippen LogP contribution in [-0.4, -0.2) is 22.4 Å². The zero-order chi connectivity index (χ0) is 13.7. The molecule has 0 aliphatic heterocycles.